The second kappa shape index (κ2) is 7.96. The molecule has 9 heteroatoms. The molecule has 1 aliphatic heterocycles. The van der Waals surface area contributed by atoms with Crippen molar-refractivity contribution in [2.24, 2.45) is 5.41 Å². The lowest BCUT2D eigenvalue weighted by Crippen LogP contribution is -2.64. The van der Waals surface area contributed by atoms with E-state index in [9.17, 15) is 32.7 Å². The summed E-state index contributed by atoms with van der Waals surface area (Å²) in [6, 6.07) is 11.0. The Morgan fingerprint density at radius 3 is 1.91 bits per heavy atom. The number of hydrogen-bond acceptors (Lipinski definition) is 3. The van der Waals surface area contributed by atoms with Gasteiger partial charge in [-0.25, -0.2) is 4.79 Å². The molecular formula is C23H23F3N2O4. The maximum Gasteiger partial charge on any atom is 0.416 e. The van der Waals surface area contributed by atoms with Gasteiger partial charge in [-0.05, 0) is 35.6 Å². The molecule has 1 atom stereocenters. The topological polar surface area (TPSA) is 86.7 Å². The van der Waals surface area contributed by atoms with Crippen LogP contribution in [-0.2, 0) is 12.6 Å². The van der Waals surface area contributed by atoms with Crippen LogP contribution in [0.3, 0.4) is 0 Å². The van der Waals surface area contributed by atoms with E-state index < -0.39 is 47.1 Å². The van der Waals surface area contributed by atoms with E-state index in [1.807, 2.05) is 0 Å². The third-order valence-electron chi connectivity index (χ3n) is 5.90. The highest BCUT2D eigenvalue weighted by Crippen LogP contribution is 2.40. The quantitative estimate of drug-likeness (QED) is 0.655. The summed E-state index contributed by atoms with van der Waals surface area (Å²) < 4.78 is 40.9. The molecule has 0 fully saturated rings. The van der Waals surface area contributed by atoms with Gasteiger partial charge in [0.25, 0.3) is 11.8 Å². The van der Waals surface area contributed by atoms with Crippen LogP contribution < -0.4 is 5.32 Å². The van der Waals surface area contributed by atoms with Gasteiger partial charge in [0.1, 0.15) is 0 Å². The minimum Gasteiger partial charge on any atom is -0.465 e. The first-order valence-electron chi connectivity index (χ1n) is 9.88. The zero-order chi connectivity index (χ0) is 23.9. The number of carbonyl (C=O) groups is 3. The van der Waals surface area contributed by atoms with E-state index in [4.69, 9.17) is 0 Å². The number of amides is 3. The van der Waals surface area contributed by atoms with Gasteiger partial charge in [-0.2, -0.15) is 13.2 Å². The highest BCUT2D eigenvalue weighted by molar-refractivity contribution is 6.21. The number of rotatable bonds is 5. The largest absolute Gasteiger partial charge is 0.465 e. The lowest BCUT2D eigenvalue weighted by atomic mass is 9.69. The number of hydrogen-bond donors (Lipinski definition) is 2. The Balaban J connectivity index is 2.11. The molecule has 3 rings (SSSR count). The number of benzene rings is 2. The van der Waals surface area contributed by atoms with E-state index >= 15 is 0 Å². The van der Waals surface area contributed by atoms with Crippen molar-refractivity contribution in [3.63, 3.8) is 0 Å². The van der Waals surface area contributed by atoms with Crippen LogP contribution in [0.4, 0.5) is 18.0 Å². The van der Waals surface area contributed by atoms with Crippen LogP contribution in [0.1, 0.15) is 52.6 Å². The van der Waals surface area contributed by atoms with E-state index in [-0.39, 0.29) is 23.1 Å². The fourth-order valence-corrected chi connectivity index (χ4v) is 3.96. The first kappa shape index (κ1) is 23.3. The molecule has 0 radical (unpaired) electrons. The van der Waals surface area contributed by atoms with Crippen molar-refractivity contribution in [2.75, 3.05) is 6.54 Å². The molecule has 0 spiro atoms. The summed E-state index contributed by atoms with van der Waals surface area (Å²) in [6.07, 6.45) is -6.51. The summed E-state index contributed by atoms with van der Waals surface area (Å²) in [4.78, 5) is 38.5. The summed E-state index contributed by atoms with van der Waals surface area (Å²) in [5, 5.41) is 11.9. The molecule has 0 saturated heterocycles. The first-order chi connectivity index (χ1) is 14.8. The summed E-state index contributed by atoms with van der Waals surface area (Å²) in [5.74, 6) is -1.23. The highest BCUT2D eigenvalue weighted by Gasteiger charge is 2.50. The van der Waals surface area contributed by atoms with Gasteiger partial charge >= 0.3 is 12.3 Å². The summed E-state index contributed by atoms with van der Waals surface area (Å²) in [7, 11) is 0. The molecule has 0 saturated carbocycles. The van der Waals surface area contributed by atoms with Crippen molar-refractivity contribution in [3.05, 3.63) is 70.8 Å². The van der Waals surface area contributed by atoms with Crippen LogP contribution in [0.25, 0.3) is 0 Å². The monoisotopic (exact) mass is 448 g/mol. The van der Waals surface area contributed by atoms with Gasteiger partial charge in [0.15, 0.2) is 0 Å². The summed E-state index contributed by atoms with van der Waals surface area (Å²) in [6.45, 7) is 4.52. The molecule has 2 aromatic rings. The van der Waals surface area contributed by atoms with Gasteiger partial charge in [0.2, 0.25) is 0 Å². The Morgan fingerprint density at radius 1 is 0.938 bits per heavy atom. The van der Waals surface area contributed by atoms with E-state index in [2.05, 4.69) is 5.32 Å². The Labute approximate surface area is 183 Å². The minimum atomic E-state index is -4.65. The maximum absolute atomic E-state index is 13.6. The fourth-order valence-electron chi connectivity index (χ4n) is 3.96. The van der Waals surface area contributed by atoms with Gasteiger partial charge in [-0.3, -0.25) is 14.5 Å². The Kier molecular flexibility index (Phi) is 5.80. The SMILES string of the molecule is CC(C)(C)[C@@](Cc1ccccc1C(F)(F)F)(CN1C(=O)c2ccccc2C1=O)NC(=O)O. The van der Waals surface area contributed by atoms with Crippen LogP contribution in [0.2, 0.25) is 0 Å². The molecule has 0 bridgehead atoms. The van der Waals surface area contributed by atoms with Crippen molar-refractivity contribution < 1.29 is 32.7 Å². The molecule has 0 aliphatic carbocycles. The summed E-state index contributed by atoms with van der Waals surface area (Å²) >= 11 is 0. The lowest BCUT2D eigenvalue weighted by molar-refractivity contribution is -0.138. The molecular weight excluding hydrogens is 425 g/mol. The number of carboxylic acid groups (broad SMARTS) is 1. The third kappa shape index (κ3) is 4.19. The molecule has 0 unspecified atom stereocenters. The van der Waals surface area contributed by atoms with Crippen LogP contribution in [0, 0.1) is 5.41 Å². The third-order valence-corrected chi connectivity index (χ3v) is 5.90. The first-order valence-corrected chi connectivity index (χ1v) is 9.88. The average Bonchev–Trinajstić information content (AvgIpc) is 2.91. The number of halogens is 3. The molecule has 3 amide bonds. The predicted octanol–water partition coefficient (Wildman–Crippen LogP) is 4.60. The molecule has 32 heavy (non-hydrogen) atoms. The van der Waals surface area contributed by atoms with Gasteiger partial charge in [-0.1, -0.05) is 51.1 Å². The van der Waals surface area contributed by atoms with E-state index in [0.29, 0.717) is 0 Å². The Bertz CT molecular complexity index is 1040. The number of nitrogens with one attached hydrogen (secondary N) is 1. The van der Waals surface area contributed by atoms with Crippen molar-refractivity contribution >= 4 is 17.9 Å². The smallest absolute Gasteiger partial charge is 0.416 e. The molecule has 2 aromatic carbocycles. The Morgan fingerprint density at radius 2 is 1.44 bits per heavy atom. The highest BCUT2D eigenvalue weighted by atomic mass is 19.4. The van der Waals surface area contributed by atoms with Crippen LogP contribution in [0.15, 0.2) is 48.5 Å². The van der Waals surface area contributed by atoms with Crippen molar-refractivity contribution in [1.29, 1.82) is 0 Å². The number of carbonyl (C=O) groups excluding carboxylic acids is 2. The van der Waals surface area contributed by atoms with E-state index in [1.165, 1.54) is 30.3 Å². The molecule has 170 valence electrons. The van der Waals surface area contributed by atoms with Crippen LogP contribution >= 0.6 is 0 Å². The summed E-state index contributed by atoms with van der Waals surface area (Å²) in [5.41, 5.74) is -3.27. The molecule has 2 N–H and O–H groups in total. The molecule has 0 aromatic heterocycles. The normalized spacial score (nSPS) is 16.0. The minimum absolute atomic E-state index is 0.139. The lowest BCUT2D eigenvalue weighted by Gasteiger charge is -2.46. The van der Waals surface area contributed by atoms with Crippen LogP contribution in [-0.4, -0.2) is 40.0 Å². The second-order valence-electron chi connectivity index (χ2n) is 8.84. The van der Waals surface area contributed by atoms with Gasteiger partial charge in [-0.15, -0.1) is 0 Å². The maximum atomic E-state index is 13.6. The molecule has 1 aliphatic rings. The fraction of sp³-hybridized carbons (Fsp3) is 0.348. The zero-order valence-electron chi connectivity index (χ0n) is 17.8. The number of alkyl halides is 3. The van der Waals surface area contributed by atoms with Crippen molar-refractivity contribution in [3.8, 4) is 0 Å². The van der Waals surface area contributed by atoms with E-state index in [1.54, 1.807) is 32.9 Å². The van der Waals surface area contributed by atoms with E-state index in [0.717, 1.165) is 11.0 Å². The predicted molar refractivity (Wildman–Crippen MR) is 110 cm³/mol. The number of imide groups is 1. The number of fused-ring (bicyclic) bond motifs is 1. The Hall–Kier alpha value is -3.36. The van der Waals surface area contributed by atoms with Crippen molar-refractivity contribution in [1.82, 2.24) is 10.2 Å². The van der Waals surface area contributed by atoms with Crippen molar-refractivity contribution in [2.45, 2.75) is 38.9 Å². The van der Waals surface area contributed by atoms with Crippen LogP contribution in [0.5, 0.6) is 0 Å². The van der Waals surface area contributed by atoms with Gasteiger partial charge in [0.05, 0.1) is 28.8 Å². The zero-order valence-corrected chi connectivity index (χ0v) is 17.8. The van der Waals surface area contributed by atoms with Gasteiger partial charge in [0, 0.05) is 0 Å². The number of nitrogens with zero attached hydrogens (tertiary/aromatic N) is 1. The molecule has 6 nitrogen and oxygen atoms in total. The average molecular weight is 448 g/mol. The second-order valence-corrected chi connectivity index (χ2v) is 8.84. The molecule has 1 heterocycles. The standard InChI is InChI=1S/C23H23F3N2O4/c1-21(2,3)22(27-20(31)32,12-14-8-4-7-11-17(14)23(24,25)26)13-28-18(29)15-9-5-6-10-16(15)19(28)30/h4-11,27H,12-13H2,1-3H3,(H,31,32)/t22-/m1/s1. The van der Waals surface area contributed by atoms with Gasteiger partial charge < -0.3 is 10.4 Å².